The number of Topliss-reactive ketones (excluding diaryl/α,β-unsaturated/α-hetero) is 1. The molecule has 0 bridgehead atoms. The number of hydrogen-bond acceptors (Lipinski definition) is 3. The molecule has 1 fully saturated rings. The average Bonchev–Trinajstić information content (AvgIpc) is 2.91. The monoisotopic (exact) mass is 353 g/mol. The van der Waals surface area contributed by atoms with Gasteiger partial charge in [-0.1, -0.05) is 61.9 Å². The van der Waals surface area contributed by atoms with Gasteiger partial charge in [0, 0.05) is 17.7 Å². The number of aliphatic hydroxyl groups excluding tert-OH is 1. The number of hydrogen-bond donors (Lipinski definition) is 1. The summed E-state index contributed by atoms with van der Waals surface area (Å²) in [4.78, 5) is 26.6. The molecule has 1 heterocycles. The van der Waals surface area contributed by atoms with Crippen LogP contribution in [0.25, 0.3) is 5.76 Å². The first kappa shape index (κ1) is 17.9. The zero-order valence-electron chi connectivity index (χ0n) is 14.5. The number of rotatable bonds is 5. The van der Waals surface area contributed by atoms with Gasteiger partial charge in [0.25, 0.3) is 11.7 Å². The molecule has 134 valence electrons. The third-order valence-electron chi connectivity index (χ3n) is 4.54. The molecule has 0 radical (unpaired) electrons. The highest BCUT2D eigenvalue weighted by atomic mass is 19.1. The van der Waals surface area contributed by atoms with E-state index in [0.717, 1.165) is 6.42 Å². The number of amides is 1. The highest BCUT2D eigenvalue weighted by Gasteiger charge is 2.46. The van der Waals surface area contributed by atoms with E-state index in [2.05, 4.69) is 0 Å². The first-order valence-electron chi connectivity index (χ1n) is 8.64. The number of ketones is 1. The minimum atomic E-state index is -0.928. The van der Waals surface area contributed by atoms with Gasteiger partial charge in [0.15, 0.2) is 0 Å². The first-order valence-corrected chi connectivity index (χ1v) is 8.64. The Hall–Kier alpha value is -2.95. The fourth-order valence-electron chi connectivity index (χ4n) is 3.21. The summed E-state index contributed by atoms with van der Waals surface area (Å²) in [7, 11) is 0. The third kappa shape index (κ3) is 3.12. The quantitative estimate of drug-likeness (QED) is 0.501. The Labute approximate surface area is 151 Å². The van der Waals surface area contributed by atoms with E-state index in [1.807, 2.05) is 6.92 Å². The van der Waals surface area contributed by atoms with E-state index < -0.39 is 23.5 Å². The Kier molecular flexibility index (Phi) is 5.16. The van der Waals surface area contributed by atoms with Crippen molar-refractivity contribution in [3.8, 4) is 0 Å². The van der Waals surface area contributed by atoms with E-state index in [1.165, 1.54) is 11.0 Å². The highest BCUT2D eigenvalue weighted by molar-refractivity contribution is 6.46. The zero-order valence-corrected chi connectivity index (χ0v) is 14.5. The summed E-state index contributed by atoms with van der Waals surface area (Å²) in [6.07, 6.45) is 1.51. The van der Waals surface area contributed by atoms with E-state index in [-0.39, 0.29) is 16.9 Å². The largest absolute Gasteiger partial charge is 0.507 e. The van der Waals surface area contributed by atoms with Crippen molar-refractivity contribution in [1.82, 2.24) is 4.90 Å². The lowest BCUT2D eigenvalue weighted by molar-refractivity contribution is -0.139. The Bertz CT molecular complexity index is 861. The van der Waals surface area contributed by atoms with Crippen molar-refractivity contribution in [1.29, 1.82) is 0 Å². The van der Waals surface area contributed by atoms with Crippen LogP contribution in [-0.2, 0) is 9.59 Å². The third-order valence-corrected chi connectivity index (χ3v) is 4.54. The summed E-state index contributed by atoms with van der Waals surface area (Å²) in [5.41, 5.74) is 0.560. The molecular weight excluding hydrogens is 333 g/mol. The van der Waals surface area contributed by atoms with E-state index in [0.29, 0.717) is 18.5 Å². The van der Waals surface area contributed by atoms with Crippen LogP contribution in [0.2, 0.25) is 0 Å². The molecule has 2 aromatic carbocycles. The van der Waals surface area contributed by atoms with Crippen LogP contribution in [0.5, 0.6) is 0 Å². The van der Waals surface area contributed by atoms with Crippen molar-refractivity contribution >= 4 is 17.4 Å². The van der Waals surface area contributed by atoms with Crippen LogP contribution < -0.4 is 0 Å². The summed E-state index contributed by atoms with van der Waals surface area (Å²) in [5, 5.41) is 10.7. The van der Waals surface area contributed by atoms with Gasteiger partial charge in [-0.15, -0.1) is 0 Å². The predicted molar refractivity (Wildman–Crippen MR) is 96.8 cm³/mol. The second-order valence-corrected chi connectivity index (χ2v) is 6.23. The van der Waals surface area contributed by atoms with Crippen LogP contribution in [0.3, 0.4) is 0 Å². The maximum atomic E-state index is 14.5. The average molecular weight is 353 g/mol. The van der Waals surface area contributed by atoms with Crippen LogP contribution in [0.4, 0.5) is 4.39 Å². The second-order valence-electron chi connectivity index (χ2n) is 6.23. The second kappa shape index (κ2) is 7.52. The number of carbonyl (C=O) groups is 2. The van der Waals surface area contributed by atoms with Crippen molar-refractivity contribution in [3.05, 3.63) is 77.1 Å². The van der Waals surface area contributed by atoms with Gasteiger partial charge in [-0.05, 0) is 12.5 Å². The molecule has 0 saturated carbocycles. The molecule has 1 N–H and O–H groups in total. The van der Waals surface area contributed by atoms with Crippen LogP contribution in [0.15, 0.2) is 60.2 Å². The normalized spacial score (nSPS) is 19.2. The van der Waals surface area contributed by atoms with E-state index in [4.69, 9.17) is 0 Å². The highest BCUT2D eigenvalue weighted by Crippen LogP contribution is 2.40. The minimum Gasteiger partial charge on any atom is -0.507 e. The van der Waals surface area contributed by atoms with E-state index >= 15 is 0 Å². The molecule has 0 aromatic heterocycles. The molecule has 0 unspecified atom stereocenters. The van der Waals surface area contributed by atoms with E-state index in [1.54, 1.807) is 48.5 Å². The van der Waals surface area contributed by atoms with Crippen LogP contribution >= 0.6 is 0 Å². The molecule has 2 aromatic rings. The van der Waals surface area contributed by atoms with Crippen LogP contribution in [0, 0.1) is 5.82 Å². The Morgan fingerprint density at radius 2 is 1.73 bits per heavy atom. The molecule has 1 saturated heterocycles. The number of benzene rings is 2. The smallest absolute Gasteiger partial charge is 0.295 e. The molecule has 1 amide bonds. The molecule has 0 spiro atoms. The number of likely N-dealkylation sites (tertiary alicyclic amines) is 1. The van der Waals surface area contributed by atoms with E-state index in [9.17, 15) is 19.1 Å². The summed E-state index contributed by atoms with van der Waals surface area (Å²) in [6, 6.07) is 13.6. The van der Waals surface area contributed by atoms with Crippen LogP contribution in [0.1, 0.15) is 36.9 Å². The Morgan fingerprint density at radius 3 is 2.38 bits per heavy atom. The topological polar surface area (TPSA) is 57.6 Å². The van der Waals surface area contributed by atoms with Gasteiger partial charge in [0.1, 0.15) is 11.6 Å². The Balaban J connectivity index is 2.19. The zero-order chi connectivity index (χ0) is 18.7. The minimum absolute atomic E-state index is 0.0672. The molecule has 4 nitrogen and oxygen atoms in total. The van der Waals surface area contributed by atoms with Gasteiger partial charge in [0.2, 0.25) is 0 Å². The number of halogens is 1. The summed E-state index contributed by atoms with van der Waals surface area (Å²) < 4.78 is 14.5. The van der Waals surface area contributed by atoms with Gasteiger partial charge in [-0.2, -0.15) is 0 Å². The molecule has 26 heavy (non-hydrogen) atoms. The van der Waals surface area contributed by atoms with Gasteiger partial charge < -0.3 is 10.0 Å². The molecule has 1 aliphatic heterocycles. The summed E-state index contributed by atoms with van der Waals surface area (Å²) in [6.45, 7) is 2.30. The maximum absolute atomic E-state index is 14.5. The molecule has 1 aliphatic rings. The van der Waals surface area contributed by atoms with Crippen molar-refractivity contribution in [2.45, 2.75) is 25.8 Å². The maximum Gasteiger partial charge on any atom is 0.295 e. The summed E-state index contributed by atoms with van der Waals surface area (Å²) >= 11 is 0. The van der Waals surface area contributed by atoms with Gasteiger partial charge in [-0.25, -0.2) is 4.39 Å². The van der Waals surface area contributed by atoms with Crippen LogP contribution in [-0.4, -0.2) is 28.2 Å². The molecule has 0 aliphatic carbocycles. The van der Waals surface area contributed by atoms with Gasteiger partial charge in [0.05, 0.1) is 11.6 Å². The number of unbranched alkanes of at least 4 members (excludes halogenated alkanes) is 1. The predicted octanol–water partition coefficient (Wildman–Crippen LogP) is 4.05. The Morgan fingerprint density at radius 1 is 1.08 bits per heavy atom. The van der Waals surface area contributed by atoms with Gasteiger partial charge in [-0.3, -0.25) is 9.59 Å². The van der Waals surface area contributed by atoms with Crippen molar-refractivity contribution in [2.24, 2.45) is 0 Å². The van der Waals surface area contributed by atoms with Gasteiger partial charge >= 0.3 is 0 Å². The molecule has 1 atom stereocenters. The SMILES string of the molecule is CCCCN1C(=O)C(=O)/C(=C(/O)c2ccccc2)[C@H]1c1ccccc1F. The fourth-order valence-corrected chi connectivity index (χ4v) is 3.21. The van der Waals surface area contributed by atoms with Crippen molar-refractivity contribution in [2.75, 3.05) is 6.54 Å². The molecule has 5 heteroatoms. The number of nitrogens with zero attached hydrogens (tertiary/aromatic N) is 1. The molecular formula is C21H20FNO3. The van der Waals surface area contributed by atoms with Crippen molar-refractivity contribution in [3.63, 3.8) is 0 Å². The lowest BCUT2D eigenvalue weighted by atomic mass is 9.95. The fraction of sp³-hybridized carbons (Fsp3) is 0.238. The summed E-state index contributed by atoms with van der Waals surface area (Å²) in [5.74, 6) is -2.28. The molecule has 3 rings (SSSR count). The lowest BCUT2D eigenvalue weighted by Crippen LogP contribution is -2.31. The standard InChI is InChI=1S/C21H20FNO3/c1-2-3-13-23-18(15-11-7-8-12-16(15)22)17(20(25)21(23)26)19(24)14-9-5-4-6-10-14/h4-12,18,24H,2-3,13H2,1H3/b19-17+/t18-/m1/s1. The van der Waals surface area contributed by atoms with Crippen molar-refractivity contribution < 1.29 is 19.1 Å². The lowest BCUT2D eigenvalue weighted by Gasteiger charge is -2.25. The number of aliphatic hydroxyl groups is 1. The number of carbonyl (C=O) groups excluding carboxylic acids is 2. The first-order chi connectivity index (χ1) is 12.6.